The molecule has 1 unspecified atom stereocenters. The van der Waals surface area contributed by atoms with Crippen LogP contribution < -0.4 is 10.5 Å². The number of primary amides is 1. The maximum atomic E-state index is 11.2. The number of amides is 1. The Hall–Kier alpha value is -2.08. The summed E-state index contributed by atoms with van der Waals surface area (Å²) < 4.78 is 5.53. The summed E-state index contributed by atoms with van der Waals surface area (Å²) in [7, 11) is 0. The maximum absolute atomic E-state index is 11.2. The molecule has 3 N–H and O–H groups in total. The number of benzene rings is 1. The minimum absolute atomic E-state index is 0.193. The van der Waals surface area contributed by atoms with Gasteiger partial charge in [-0.15, -0.1) is 0 Å². The first-order chi connectivity index (χ1) is 9.58. The molecule has 1 aliphatic heterocycles. The van der Waals surface area contributed by atoms with Crippen molar-refractivity contribution in [2.24, 2.45) is 5.73 Å². The molecule has 0 aromatic heterocycles. The van der Waals surface area contributed by atoms with E-state index in [2.05, 4.69) is 0 Å². The van der Waals surface area contributed by atoms with E-state index in [1.807, 2.05) is 4.90 Å². The molecule has 20 heavy (non-hydrogen) atoms. The van der Waals surface area contributed by atoms with Gasteiger partial charge in [0.15, 0.2) is 0 Å². The van der Waals surface area contributed by atoms with Gasteiger partial charge in [0.05, 0.1) is 11.6 Å². The number of carbonyl (C=O) groups is 2. The van der Waals surface area contributed by atoms with Gasteiger partial charge in [-0.1, -0.05) is 6.07 Å². The van der Waals surface area contributed by atoms with Crippen molar-refractivity contribution in [2.45, 2.75) is 18.9 Å². The fourth-order valence-corrected chi connectivity index (χ4v) is 2.42. The molecule has 1 atom stereocenters. The summed E-state index contributed by atoms with van der Waals surface area (Å²) in [6, 6.07) is 6.14. The van der Waals surface area contributed by atoms with Crippen molar-refractivity contribution in [1.29, 1.82) is 0 Å². The summed E-state index contributed by atoms with van der Waals surface area (Å²) >= 11 is 0. The molecule has 1 aliphatic rings. The van der Waals surface area contributed by atoms with Gasteiger partial charge >= 0.3 is 5.97 Å². The summed E-state index contributed by atoms with van der Waals surface area (Å²) in [5.41, 5.74) is 5.53. The molecule has 1 aromatic rings. The zero-order valence-corrected chi connectivity index (χ0v) is 11.1. The van der Waals surface area contributed by atoms with Crippen LogP contribution in [0.3, 0.4) is 0 Å². The van der Waals surface area contributed by atoms with Crippen molar-refractivity contribution < 1.29 is 19.4 Å². The SMILES string of the molecule is NC(=O)C1CCCN1CCOc1cccc(C(=O)O)c1. The topological polar surface area (TPSA) is 92.9 Å². The van der Waals surface area contributed by atoms with E-state index >= 15 is 0 Å². The van der Waals surface area contributed by atoms with Crippen molar-refractivity contribution in [3.8, 4) is 5.75 Å². The zero-order valence-electron chi connectivity index (χ0n) is 11.1. The third kappa shape index (κ3) is 3.48. The Balaban J connectivity index is 1.85. The van der Waals surface area contributed by atoms with Crippen LogP contribution in [-0.4, -0.2) is 47.6 Å². The quantitative estimate of drug-likeness (QED) is 0.799. The van der Waals surface area contributed by atoms with E-state index in [1.54, 1.807) is 12.1 Å². The van der Waals surface area contributed by atoms with E-state index in [-0.39, 0.29) is 17.5 Å². The summed E-state index contributed by atoms with van der Waals surface area (Å²) in [4.78, 5) is 24.1. The molecule has 1 amide bonds. The second-order valence-electron chi connectivity index (χ2n) is 4.78. The van der Waals surface area contributed by atoms with Gasteiger partial charge in [0, 0.05) is 6.54 Å². The van der Waals surface area contributed by atoms with Gasteiger partial charge in [-0.05, 0) is 37.6 Å². The number of carboxylic acids is 1. The van der Waals surface area contributed by atoms with E-state index in [0.29, 0.717) is 18.9 Å². The molecule has 0 bridgehead atoms. The first kappa shape index (κ1) is 14.3. The number of aromatic carboxylic acids is 1. The molecule has 0 radical (unpaired) electrons. The number of hydrogen-bond donors (Lipinski definition) is 2. The molecule has 2 rings (SSSR count). The summed E-state index contributed by atoms with van der Waals surface area (Å²) in [5, 5.41) is 8.89. The lowest BCUT2D eigenvalue weighted by molar-refractivity contribution is -0.122. The van der Waals surface area contributed by atoms with Crippen molar-refractivity contribution in [2.75, 3.05) is 19.7 Å². The van der Waals surface area contributed by atoms with Gasteiger partial charge < -0.3 is 15.6 Å². The Bertz CT molecular complexity index is 504. The number of rotatable bonds is 6. The van der Waals surface area contributed by atoms with Crippen LogP contribution in [-0.2, 0) is 4.79 Å². The van der Waals surface area contributed by atoms with Crippen LogP contribution >= 0.6 is 0 Å². The Morgan fingerprint density at radius 1 is 1.45 bits per heavy atom. The second kappa shape index (κ2) is 6.38. The fourth-order valence-electron chi connectivity index (χ4n) is 2.42. The predicted molar refractivity (Wildman–Crippen MR) is 72.7 cm³/mol. The third-order valence-corrected chi connectivity index (χ3v) is 3.42. The predicted octanol–water partition coefficient (Wildman–Crippen LogP) is 0.713. The molecule has 1 fully saturated rings. The minimum atomic E-state index is -0.983. The van der Waals surface area contributed by atoms with Crippen LogP contribution in [0.4, 0.5) is 0 Å². The molecule has 0 spiro atoms. The highest BCUT2D eigenvalue weighted by Crippen LogP contribution is 2.17. The highest BCUT2D eigenvalue weighted by molar-refractivity contribution is 5.88. The summed E-state index contributed by atoms with van der Waals surface area (Å²) in [6.07, 6.45) is 1.76. The Morgan fingerprint density at radius 3 is 2.95 bits per heavy atom. The average molecular weight is 278 g/mol. The molecule has 0 saturated carbocycles. The van der Waals surface area contributed by atoms with E-state index in [0.717, 1.165) is 19.4 Å². The average Bonchev–Trinajstić information content (AvgIpc) is 2.87. The number of ether oxygens (including phenoxy) is 1. The fraction of sp³-hybridized carbons (Fsp3) is 0.429. The van der Waals surface area contributed by atoms with E-state index < -0.39 is 5.97 Å². The monoisotopic (exact) mass is 278 g/mol. The normalized spacial score (nSPS) is 18.9. The summed E-state index contributed by atoms with van der Waals surface area (Å²) in [5.74, 6) is -0.765. The van der Waals surface area contributed by atoms with Gasteiger partial charge in [-0.2, -0.15) is 0 Å². The first-order valence-corrected chi connectivity index (χ1v) is 6.57. The van der Waals surface area contributed by atoms with Gasteiger partial charge in [-0.3, -0.25) is 9.69 Å². The molecular formula is C14H18N2O4. The highest BCUT2D eigenvalue weighted by Gasteiger charge is 2.28. The van der Waals surface area contributed by atoms with Crippen LogP contribution in [0.5, 0.6) is 5.75 Å². The Kier molecular flexibility index (Phi) is 4.57. The number of hydrogen-bond acceptors (Lipinski definition) is 4. The van der Waals surface area contributed by atoms with Gasteiger partial charge in [0.1, 0.15) is 12.4 Å². The van der Waals surface area contributed by atoms with Crippen molar-refractivity contribution >= 4 is 11.9 Å². The Morgan fingerprint density at radius 2 is 2.25 bits per heavy atom. The molecule has 1 saturated heterocycles. The van der Waals surface area contributed by atoms with E-state index in [4.69, 9.17) is 15.6 Å². The van der Waals surface area contributed by atoms with Crippen LogP contribution in [0, 0.1) is 0 Å². The lowest BCUT2D eigenvalue weighted by Gasteiger charge is -2.21. The van der Waals surface area contributed by atoms with Crippen molar-refractivity contribution in [3.05, 3.63) is 29.8 Å². The number of carbonyl (C=O) groups excluding carboxylic acids is 1. The number of carboxylic acid groups (broad SMARTS) is 1. The molecular weight excluding hydrogens is 260 g/mol. The van der Waals surface area contributed by atoms with Gasteiger partial charge in [-0.25, -0.2) is 4.79 Å². The minimum Gasteiger partial charge on any atom is -0.492 e. The third-order valence-electron chi connectivity index (χ3n) is 3.42. The van der Waals surface area contributed by atoms with Crippen LogP contribution in [0.25, 0.3) is 0 Å². The lowest BCUT2D eigenvalue weighted by Crippen LogP contribution is -2.42. The standard InChI is InChI=1S/C14H18N2O4/c15-13(17)12-5-2-6-16(12)7-8-20-11-4-1-3-10(9-11)14(18)19/h1,3-4,9,12H,2,5-8H2,(H2,15,17)(H,18,19). The lowest BCUT2D eigenvalue weighted by atomic mass is 10.2. The van der Waals surface area contributed by atoms with Gasteiger partial charge in [0.2, 0.25) is 5.91 Å². The molecule has 6 heteroatoms. The van der Waals surface area contributed by atoms with E-state index in [9.17, 15) is 9.59 Å². The smallest absolute Gasteiger partial charge is 0.335 e. The molecule has 1 heterocycles. The van der Waals surface area contributed by atoms with Crippen molar-refractivity contribution in [1.82, 2.24) is 4.90 Å². The van der Waals surface area contributed by atoms with Crippen molar-refractivity contribution in [3.63, 3.8) is 0 Å². The molecule has 1 aromatic carbocycles. The largest absolute Gasteiger partial charge is 0.492 e. The maximum Gasteiger partial charge on any atom is 0.335 e. The molecule has 0 aliphatic carbocycles. The van der Waals surface area contributed by atoms with Crippen LogP contribution in [0.15, 0.2) is 24.3 Å². The van der Waals surface area contributed by atoms with Crippen LogP contribution in [0.2, 0.25) is 0 Å². The van der Waals surface area contributed by atoms with Gasteiger partial charge in [0.25, 0.3) is 0 Å². The first-order valence-electron chi connectivity index (χ1n) is 6.57. The number of likely N-dealkylation sites (tertiary alicyclic amines) is 1. The number of nitrogens with two attached hydrogens (primary N) is 1. The second-order valence-corrected chi connectivity index (χ2v) is 4.78. The molecule has 6 nitrogen and oxygen atoms in total. The number of nitrogens with zero attached hydrogens (tertiary/aromatic N) is 1. The molecule has 108 valence electrons. The highest BCUT2D eigenvalue weighted by atomic mass is 16.5. The van der Waals surface area contributed by atoms with Crippen LogP contribution in [0.1, 0.15) is 23.2 Å². The zero-order chi connectivity index (χ0) is 14.5. The van der Waals surface area contributed by atoms with E-state index in [1.165, 1.54) is 12.1 Å². The summed E-state index contributed by atoms with van der Waals surface area (Å²) in [6.45, 7) is 1.84. The Labute approximate surface area is 117 Å².